The summed E-state index contributed by atoms with van der Waals surface area (Å²) >= 11 is 0. The van der Waals surface area contributed by atoms with Crippen molar-refractivity contribution in [2.75, 3.05) is 0 Å². The smallest absolute Gasteiger partial charge is 0.170 e. The molecule has 0 heterocycles. The first kappa shape index (κ1) is 12.5. The number of nitrogens with one attached hydrogen (secondary N) is 1. The molecule has 2 fully saturated rings. The van der Waals surface area contributed by atoms with Crippen LogP contribution in [0.4, 0.5) is 0 Å². The highest BCUT2D eigenvalue weighted by Gasteiger charge is 2.38. The quantitative estimate of drug-likeness (QED) is 0.335. The van der Waals surface area contributed by atoms with Crippen molar-refractivity contribution in [2.45, 2.75) is 38.3 Å². The summed E-state index contributed by atoms with van der Waals surface area (Å²) in [6, 6.07) is 8.55. The van der Waals surface area contributed by atoms with Gasteiger partial charge in [-0.3, -0.25) is 0 Å². The van der Waals surface area contributed by atoms with E-state index in [9.17, 15) is 0 Å². The molecular formula is C15H21N3O. The molecule has 1 aromatic carbocycles. The number of amidine groups is 1. The van der Waals surface area contributed by atoms with E-state index in [1.165, 1.54) is 31.2 Å². The van der Waals surface area contributed by atoms with Crippen molar-refractivity contribution in [1.82, 2.24) is 5.32 Å². The van der Waals surface area contributed by atoms with Gasteiger partial charge in [0.2, 0.25) is 0 Å². The number of rotatable bonds is 4. The van der Waals surface area contributed by atoms with Crippen LogP contribution in [-0.2, 0) is 6.54 Å². The lowest BCUT2D eigenvalue weighted by Crippen LogP contribution is -2.33. The number of hydrogen-bond donors (Lipinski definition) is 3. The lowest BCUT2D eigenvalue weighted by Gasteiger charge is -2.23. The zero-order valence-corrected chi connectivity index (χ0v) is 11.0. The number of benzene rings is 1. The van der Waals surface area contributed by atoms with Crippen LogP contribution in [0.1, 0.15) is 36.8 Å². The summed E-state index contributed by atoms with van der Waals surface area (Å²) in [7, 11) is 0. The van der Waals surface area contributed by atoms with Crippen LogP contribution >= 0.6 is 0 Å². The van der Waals surface area contributed by atoms with Gasteiger partial charge in [0.1, 0.15) is 0 Å². The van der Waals surface area contributed by atoms with Gasteiger partial charge in [-0.05, 0) is 42.7 Å². The van der Waals surface area contributed by atoms with E-state index in [1.807, 2.05) is 18.2 Å². The van der Waals surface area contributed by atoms with Crippen LogP contribution in [0.15, 0.2) is 29.4 Å². The summed E-state index contributed by atoms with van der Waals surface area (Å²) in [5.74, 6) is 2.02. The maximum Gasteiger partial charge on any atom is 0.170 e. The van der Waals surface area contributed by atoms with Crippen LogP contribution in [0.25, 0.3) is 0 Å². The van der Waals surface area contributed by atoms with Crippen LogP contribution < -0.4 is 11.1 Å². The number of nitrogens with two attached hydrogens (primary N) is 1. The topological polar surface area (TPSA) is 70.6 Å². The van der Waals surface area contributed by atoms with Crippen molar-refractivity contribution in [3.63, 3.8) is 0 Å². The largest absolute Gasteiger partial charge is 0.409 e. The van der Waals surface area contributed by atoms with Crippen LogP contribution in [0.2, 0.25) is 0 Å². The summed E-state index contributed by atoms with van der Waals surface area (Å²) in [5, 5.41) is 15.4. The second-order valence-electron chi connectivity index (χ2n) is 5.85. The van der Waals surface area contributed by atoms with Crippen LogP contribution in [-0.4, -0.2) is 17.1 Å². The van der Waals surface area contributed by atoms with Crippen molar-refractivity contribution in [3.05, 3.63) is 35.4 Å². The zero-order chi connectivity index (χ0) is 13.2. The maximum atomic E-state index is 8.70. The van der Waals surface area contributed by atoms with Gasteiger partial charge in [0.15, 0.2) is 5.84 Å². The van der Waals surface area contributed by atoms with Crippen molar-refractivity contribution in [1.29, 1.82) is 0 Å². The first-order chi connectivity index (χ1) is 9.26. The van der Waals surface area contributed by atoms with Gasteiger partial charge >= 0.3 is 0 Å². The molecule has 0 aromatic heterocycles. The Kier molecular flexibility index (Phi) is 3.42. The average molecular weight is 259 g/mol. The van der Waals surface area contributed by atoms with E-state index in [-0.39, 0.29) is 5.84 Å². The number of nitrogens with zero attached hydrogens (tertiary/aromatic N) is 1. The van der Waals surface area contributed by atoms with E-state index in [1.54, 1.807) is 0 Å². The van der Waals surface area contributed by atoms with E-state index in [4.69, 9.17) is 10.9 Å². The Bertz CT molecular complexity index is 486. The summed E-state index contributed by atoms with van der Waals surface area (Å²) in [5.41, 5.74) is 7.57. The minimum atomic E-state index is 0.168. The summed E-state index contributed by atoms with van der Waals surface area (Å²) in [6.07, 6.45) is 5.58. The lowest BCUT2D eigenvalue weighted by molar-refractivity contribution is 0.318. The molecule has 19 heavy (non-hydrogen) atoms. The SMILES string of the molecule is NC(=NO)c1cccc(CNC2CC3CCC2C3)c1. The highest BCUT2D eigenvalue weighted by molar-refractivity contribution is 5.97. The zero-order valence-electron chi connectivity index (χ0n) is 11.0. The van der Waals surface area contributed by atoms with Crippen molar-refractivity contribution >= 4 is 5.84 Å². The Morgan fingerprint density at radius 3 is 2.95 bits per heavy atom. The van der Waals surface area contributed by atoms with E-state index in [0.717, 1.165) is 23.9 Å². The van der Waals surface area contributed by atoms with Crippen LogP contribution in [0.3, 0.4) is 0 Å². The van der Waals surface area contributed by atoms with Crippen LogP contribution in [0, 0.1) is 11.8 Å². The van der Waals surface area contributed by atoms with Gasteiger partial charge in [-0.25, -0.2) is 0 Å². The average Bonchev–Trinajstić information content (AvgIpc) is 3.07. The lowest BCUT2D eigenvalue weighted by atomic mass is 9.95. The minimum absolute atomic E-state index is 0.168. The standard InChI is InChI=1S/C15H21N3O/c16-15(18-19)13-3-1-2-11(7-13)9-17-14-8-10-4-5-12(14)6-10/h1-3,7,10,12,14,17,19H,4-6,8-9H2,(H2,16,18). The molecule has 2 saturated carbocycles. The molecule has 0 aliphatic heterocycles. The molecule has 4 nitrogen and oxygen atoms in total. The predicted octanol–water partition coefficient (Wildman–Crippen LogP) is 2.06. The van der Waals surface area contributed by atoms with E-state index >= 15 is 0 Å². The van der Waals surface area contributed by atoms with Gasteiger partial charge in [0.05, 0.1) is 0 Å². The molecule has 3 atom stereocenters. The van der Waals surface area contributed by atoms with Gasteiger partial charge in [0, 0.05) is 18.2 Å². The molecular weight excluding hydrogens is 238 g/mol. The minimum Gasteiger partial charge on any atom is -0.409 e. The van der Waals surface area contributed by atoms with Crippen molar-refractivity contribution in [3.8, 4) is 0 Å². The molecule has 0 spiro atoms. The van der Waals surface area contributed by atoms with Gasteiger partial charge in [-0.2, -0.15) is 0 Å². The maximum absolute atomic E-state index is 8.70. The molecule has 0 radical (unpaired) electrons. The van der Waals surface area contributed by atoms with Gasteiger partial charge in [-0.15, -0.1) is 0 Å². The van der Waals surface area contributed by atoms with E-state index in [2.05, 4.69) is 16.5 Å². The normalized spacial score (nSPS) is 29.9. The highest BCUT2D eigenvalue weighted by atomic mass is 16.4. The van der Waals surface area contributed by atoms with Gasteiger partial charge in [-0.1, -0.05) is 29.8 Å². The third-order valence-corrected chi connectivity index (χ3v) is 4.64. The first-order valence-electron chi connectivity index (χ1n) is 7.06. The molecule has 4 heteroatoms. The fraction of sp³-hybridized carbons (Fsp3) is 0.533. The molecule has 4 N–H and O–H groups in total. The van der Waals surface area contributed by atoms with Crippen molar-refractivity contribution in [2.24, 2.45) is 22.7 Å². The Hall–Kier alpha value is -1.55. The molecule has 0 saturated heterocycles. The monoisotopic (exact) mass is 259 g/mol. The first-order valence-corrected chi connectivity index (χ1v) is 7.06. The third-order valence-electron chi connectivity index (χ3n) is 4.64. The summed E-state index contributed by atoms with van der Waals surface area (Å²) in [4.78, 5) is 0. The Morgan fingerprint density at radius 2 is 2.26 bits per heavy atom. The van der Waals surface area contributed by atoms with Gasteiger partial charge < -0.3 is 16.3 Å². The highest BCUT2D eigenvalue weighted by Crippen LogP contribution is 2.44. The number of fused-ring (bicyclic) bond motifs is 2. The van der Waals surface area contributed by atoms with E-state index < -0.39 is 0 Å². The molecule has 2 aliphatic rings. The Morgan fingerprint density at radius 1 is 1.37 bits per heavy atom. The summed E-state index contributed by atoms with van der Waals surface area (Å²) < 4.78 is 0. The second-order valence-corrected chi connectivity index (χ2v) is 5.85. The molecule has 2 bridgehead atoms. The molecule has 3 rings (SSSR count). The molecule has 2 aliphatic carbocycles. The van der Waals surface area contributed by atoms with Gasteiger partial charge in [0.25, 0.3) is 0 Å². The number of oxime groups is 1. The molecule has 1 aromatic rings. The molecule has 102 valence electrons. The summed E-state index contributed by atoms with van der Waals surface area (Å²) in [6.45, 7) is 0.862. The predicted molar refractivity (Wildman–Crippen MR) is 75.0 cm³/mol. The van der Waals surface area contributed by atoms with E-state index in [0.29, 0.717) is 6.04 Å². The fourth-order valence-corrected chi connectivity index (χ4v) is 3.64. The second kappa shape index (κ2) is 5.21. The number of hydrogen-bond acceptors (Lipinski definition) is 3. The third kappa shape index (κ3) is 2.59. The van der Waals surface area contributed by atoms with Crippen molar-refractivity contribution < 1.29 is 5.21 Å². The molecule has 0 amide bonds. The Labute approximate surface area is 113 Å². The molecule has 3 unspecified atom stereocenters. The Balaban J connectivity index is 1.61. The van der Waals surface area contributed by atoms with Crippen LogP contribution in [0.5, 0.6) is 0 Å². The fourth-order valence-electron chi connectivity index (χ4n) is 3.64.